The number of aliphatic hydroxyl groups is 1. The van der Waals surface area contributed by atoms with E-state index in [2.05, 4.69) is 34.6 Å². The van der Waals surface area contributed by atoms with Gasteiger partial charge in [0.25, 0.3) is 0 Å². The molecule has 0 aliphatic rings. The SMILES string of the molecule is CCCCCCCCCCCCCCCCC(=O)OC[C@H](COP(=O)(O)OC[C@@H](O)COP(=O)(O)OC[C@@H](COC(=O)CCCCCCCCCCCCC)OC(=O)CCCCCCCCCCCCCCC)OC(=O)CCCCCCCCCCCCCCCCCCCCC(C)CC. The molecule has 0 bridgehead atoms. The minimum absolute atomic E-state index is 0.108. The highest BCUT2D eigenvalue weighted by atomic mass is 31.2. The van der Waals surface area contributed by atoms with Crippen LogP contribution in [-0.4, -0.2) is 96.7 Å². The number of carbonyl (C=O) groups is 4. The molecule has 0 aliphatic carbocycles. The van der Waals surface area contributed by atoms with Crippen molar-refractivity contribution < 1.29 is 80.2 Å². The molecular weight excluding hydrogens is 1310 g/mol. The first-order valence-electron chi connectivity index (χ1n) is 42.2. The monoisotopic (exact) mass is 1470 g/mol. The number of unbranched alkanes of at least 4 members (excludes halogenated alkanes) is 52. The molecule has 0 aromatic rings. The Morgan fingerprint density at radius 1 is 0.280 bits per heavy atom. The van der Waals surface area contributed by atoms with Crippen LogP contribution in [-0.2, 0) is 65.4 Å². The van der Waals surface area contributed by atoms with E-state index in [0.29, 0.717) is 25.7 Å². The van der Waals surface area contributed by atoms with E-state index in [1.54, 1.807) is 0 Å². The number of phosphoric ester groups is 2. The van der Waals surface area contributed by atoms with Crippen LogP contribution in [0.25, 0.3) is 0 Å². The molecule has 0 rings (SSSR count). The third-order valence-corrected chi connectivity index (χ3v) is 21.3. The van der Waals surface area contributed by atoms with Gasteiger partial charge in [-0.1, -0.05) is 381 Å². The quantitative estimate of drug-likeness (QED) is 0.0222. The van der Waals surface area contributed by atoms with Crippen molar-refractivity contribution >= 4 is 39.5 Å². The number of hydrogen-bond donors (Lipinski definition) is 3. The summed E-state index contributed by atoms with van der Waals surface area (Å²) in [5, 5.41) is 10.6. The second kappa shape index (κ2) is 73.9. The Hall–Kier alpha value is -1.94. The summed E-state index contributed by atoms with van der Waals surface area (Å²) in [6.07, 6.45) is 65.0. The van der Waals surface area contributed by atoms with Crippen LogP contribution in [0.1, 0.15) is 433 Å². The van der Waals surface area contributed by atoms with Gasteiger partial charge in [0.15, 0.2) is 12.2 Å². The fourth-order valence-corrected chi connectivity index (χ4v) is 14.1. The fourth-order valence-electron chi connectivity index (χ4n) is 12.6. The molecule has 0 saturated heterocycles. The molecule has 0 spiro atoms. The van der Waals surface area contributed by atoms with Crippen molar-refractivity contribution in [2.45, 2.75) is 451 Å². The summed E-state index contributed by atoms with van der Waals surface area (Å²) in [5.41, 5.74) is 0. The highest BCUT2D eigenvalue weighted by Crippen LogP contribution is 2.45. The first-order chi connectivity index (χ1) is 48.6. The van der Waals surface area contributed by atoms with Gasteiger partial charge in [-0.3, -0.25) is 37.3 Å². The first-order valence-corrected chi connectivity index (χ1v) is 45.2. The van der Waals surface area contributed by atoms with Gasteiger partial charge >= 0.3 is 39.5 Å². The number of rotatable bonds is 81. The van der Waals surface area contributed by atoms with E-state index in [4.69, 9.17) is 37.0 Å². The van der Waals surface area contributed by atoms with Crippen LogP contribution in [0, 0.1) is 5.92 Å². The number of phosphoric acid groups is 2. The molecule has 0 fully saturated rings. The lowest BCUT2D eigenvalue weighted by molar-refractivity contribution is -0.161. The molecule has 0 amide bonds. The number of aliphatic hydroxyl groups excluding tert-OH is 1. The van der Waals surface area contributed by atoms with Crippen molar-refractivity contribution in [2.75, 3.05) is 39.6 Å². The van der Waals surface area contributed by atoms with E-state index >= 15 is 0 Å². The summed E-state index contributed by atoms with van der Waals surface area (Å²) in [6, 6.07) is 0. The summed E-state index contributed by atoms with van der Waals surface area (Å²) in [5.74, 6) is -1.23. The maximum Gasteiger partial charge on any atom is 0.472 e. The molecule has 0 aliphatic heterocycles. The predicted octanol–water partition coefficient (Wildman–Crippen LogP) is 24.4. The predicted molar refractivity (Wildman–Crippen MR) is 409 cm³/mol. The molecule has 17 nitrogen and oxygen atoms in total. The molecule has 3 unspecified atom stereocenters. The standard InChI is InChI=1S/C81H158O17P2/c1-6-10-13-16-19-22-25-27-36-40-45-50-55-60-65-79(84)92-71-77(98-81(86)67-62-57-52-47-42-37-33-31-29-28-30-32-35-39-43-48-53-58-63-74(5)9-4)73-96-100(89,90)94-69-75(82)68-93-99(87,88)95-72-76(70-91-78(83)64-59-54-49-44-38-24-21-18-15-12-8-3)97-80(85)66-61-56-51-46-41-34-26-23-20-17-14-11-7-2/h74-77,82H,6-73H2,1-5H3,(H,87,88)(H,89,90)/t74?,75-,76+,77+/m0/s1. The average molecular weight is 1470 g/mol. The second-order valence-electron chi connectivity index (χ2n) is 29.4. The van der Waals surface area contributed by atoms with E-state index in [1.807, 2.05) is 0 Å². The molecule has 19 heteroatoms. The van der Waals surface area contributed by atoms with E-state index in [1.165, 1.54) is 257 Å². The number of hydrogen-bond acceptors (Lipinski definition) is 15. The molecule has 3 N–H and O–H groups in total. The zero-order valence-corrected chi connectivity index (χ0v) is 67.1. The Bertz CT molecular complexity index is 1910. The summed E-state index contributed by atoms with van der Waals surface area (Å²) in [6.45, 7) is 7.40. The Morgan fingerprint density at radius 2 is 0.480 bits per heavy atom. The Kier molecular flexibility index (Phi) is 72.5. The van der Waals surface area contributed by atoms with Crippen LogP contribution in [0.5, 0.6) is 0 Å². The van der Waals surface area contributed by atoms with Crippen molar-refractivity contribution in [3.8, 4) is 0 Å². The van der Waals surface area contributed by atoms with Crippen molar-refractivity contribution in [1.29, 1.82) is 0 Å². The van der Waals surface area contributed by atoms with Gasteiger partial charge in [0, 0.05) is 25.7 Å². The highest BCUT2D eigenvalue weighted by Gasteiger charge is 2.30. The summed E-state index contributed by atoms with van der Waals surface area (Å²) < 4.78 is 68.7. The molecule has 100 heavy (non-hydrogen) atoms. The molecule has 0 aromatic carbocycles. The topological polar surface area (TPSA) is 237 Å². The number of ether oxygens (including phenoxy) is 4. The van der Waals surface area contributed by atoms with Crippen molar-refractivity contribution in [2.24, 2.45) is 5.92 Å². The smallest absolute Gasteiger partial charge is 0.462 e. The van der Waals surface area contributed by atoms with Gasteiger partial charge < -0.3 is 33.8 Å². The first kappa shape index (κ1) is 98.1. The molecule has 0 aromatic heterocycles. The van der Waals surface area contributed by atoms with Crippen LogP contribution in [0.4, 0.5) is 0 Å². The minimum atomic E-state index is -4.96. The largest absolute Gasteiger partial charge is 0.472 e. The van der Waals surface area contributed by atoms with Crippen molar-refractivity contribution in [3.63, 3.8) is 0 Å². The normalized spacial score (nSPS) is 14.1. The lowest BCUT2D eigenvalue weighted by Crippen LogP contribution is -2.30. The van der Waals surface area contributed by atoms with Crippen LogP contribution in [0.2, 0.25) is 0 Å². The Labute approximate surface area is 613 Å². The van der Waals surface area contributed by atoms with Crippen molar-refractivity contribution in [3.05, 3.63) is 0 Å². The third kappa shape index (κ3) is 73.0. The molecular formula is C81H158O17P2. The maximum atomic E-state index is 13.1. The van der Waals surface area contributed by atoms with E-state index < -0.39 is 97.5 Å². The molecule has 0 heterocycles. The Morgan fingerprint density at radius 3 is 0.710 bits per heavy atom. The number of esters is 4. The van der Waals surface area contributed by atoms with Crippen LogP contribution >= 0.6 is 15.6 Å². The zero-order chi connectivity index (χ0) is 73.4. The molecule has 0 radical (unpaired) electrons. The van der Waals surface area contributed by atoms with Gasteiger partial charge in [-0.25, -0.2) is 9.13 Å². The fraction of sp³-hybridized carbons (Fsp3) is 0.951. The van der Waals surface area contributed by atoms with Crippen molar-refractivity contribution in [1.82, 2.24) is 0 Å². The second-order valence-corrected chi connectivity index (χ2v) is 32.3. The van der Waals surface area contributed by atoms with Gasteiger partial charge in [-0.2, -0.15) is 0 Å². The molecule has 594 valence electrons. The molecule has 0 saturated carbocycles. The average Bonchev–Trinajstić information content (AvgIpc) is 1.00. The minimum Gasteiger partial charge on any atom is -0.462 e. The summed E-state index contributed by atoms with van der Waals surface area (Å²) >= 11 is 0. The van der Waals surface area contributed by atoms with Gasteiger partial charge in [-0.05, 0) is 31.6 Å². The Balaban J connectivity index is 5.21. The highest BCUT2D eigenvalue weighted by molar-refractivity contribution is 7.47. The number of carbonyl (C=O) groups excluding carboxylic acids is 4. The lowest BCUT2D eigenvalue weighted by Gasteiger charge is -2.21. The maximum absolute atomic E-state index is 13.1. The van der Waals surface area contributed by atoms with E-state index in [0.717, 1.165) is 95.8 Å². The van der Waals surface area contributed by atoms with Gasteiger partial charge in [0.1, 0.15) is 19.3 Å². The summed E-state index contributed by atoms with van der Waals surface area (Å²) in [7, 11) is -9.92. The van der Waals surface area contributed by atoms with Crippen LogP contribution < -0.4 is 0 Å². The zero-order valence-electron chi connectivity index (χ0n) is 65.3. The van der Waals surface area contributed by atoms with Gasteiger partial charge in [0.05, 0.1) is 26.4 Å². The van der Waals surface area contributed by atoms with E-state index in [9.17, 15) is 43.2 Å². The molecule has 6 atom stereocenters. The van der Waals surface area contributed by atoms with Crippen LogP contribution in [0.15, 0.2) is 0 Å². The summed E-state index contributed by atoms with van der Waals surface area (Å²) in [4.78, 5) is 73.0. The van der Waals surface area contributed by atoms with E-state index in [-0.39, 0.29) is 25.7 Å². The van der Waals surface area contributed by atoms with Gasteiger partial charge in [0.2, 0.25) is 0 Å². The third-order valence-electron chi connectivity index (χ3n) is 19.4. The van der Waals surface area contributed by atoms with Gasteiger partial charge in [-0.15, -0.1) is 0 Å². The van der Waals surface area contributed by atoms with Crippen LogP contribution in [0.3, 0.4) is 0 Å². The lowest BCUT2D eigenvalue weighted by atomic mass is 9.99.